The first-order chi connectivity index (χ1) is 14.7. The molecule has 31 heavy (non-hydrogen) atoms. The van der Waals surface area contributed by atoms with E-state index >= 15 is 0 Å². The van der Waals surface area contributed by atoms with Crippen LogP contribution in [0.5, 0.6) is 0 Å². The first kappa shape index (κ1) is 20.3. The number of nitrogens with one attached hydrogen (secondary N) is 1. The smallest absolute Gasteiger partial charge is 0.368 e. The third kappa shape index (κ3) is 3.78. The number of amides is 1. The molecule has 0 atom stereocenters. The molecule has 14 heteroatoms. The lowest BCUT2D eigenvalue weighted by Gasteiger charge is -2.11. The summed E-state index contributed by atoms with van der Waals surface area (Å²) in [6, 6.07) is 2.54. The van der Waals surface area contributed by atoms with Crippen molar-refractivity contribution in [2.24, 2.45) is 0 Å². The number of imidazole rings is 1. The van der Waals surface area contributed by atoms with Crippen molar-refractivity contribution in [3.05, 3.63) is 36.0 Å². The molecule has 0 aliphatic rings. The van der Waals surface area contributed by atoms with Crippen LogP contribution in [0.25, 0.3) is 17.0 Å². The Labute approximate surface area is 172 Å². The minimum Gasteiger partial charge on any atom is -0.368 e. The monoisotopic (exact) mass is 434 g/mol. The van der Waals surface area contributed by atoms with Crippen molar-refractivity contribution in [1.82, 2.24) is 39.1 Å². The van der Waals surface area contributed by atoms with E-state index in [-0.39, 0.29) is 29.5 Å². The van der Waals surface area contributed by atoms with Gasteiger partial charge in [0.15, 0.2) is 17.0 Å². The van der Waals surface area contributed by atoms with Gasteiger partial charge in [0, 0.05) is 12.6 Å². The van der Waals surface area contributed by atoms with Crippen LogP contribution >= 0.6 is 0 Å². The van der Waals surface area contributed by atoms with E-state index in [2.05, 4.69) is 30.5 Å². The van der Waals surface area contributed by atoms with Crippen molar-refractivity contribution in [1.29, 1.82) is 0 Å². The number of nitrogens with zero attached hydrogens (tertiary/aromatic N) is 8. The molecule has 11 nitrogen and oxygen atoms in total. The van der Waals surface area contributed by atoms with Crippen LogP contribution < -0.4 is 11.1 Å². The Kier molecular flexibility index (Phi) is 4.83. The minimum atomic E-state index is -4.66. The molecule has 4 aromatic rings. The Morgan fingerprint density at radius 2 is 2.06 bits per heavy atom. The number of halogens is 3. The van der Waals surface area contributed by atoms with Crippen LogP contribution in [-0.4, -0.2) is 45.0 Å². The van der Waals surface area contributed by atoms with Crippen LogP contribution in [0.3, 0.4) is 0 Å². The number of carbonyl (C=O) groups is 1. The van der Waals surface area contributed by atoms with E-state index < -0.39 is 17.8 Å². The number of fused-ring (bicyclic) bond motifs is 1. The zero-order valence-electron chi connectivity index (χ0n) is 16.4. The van der Waals surface area contributed by atoms with Crippen molar-refractivity contribution >= 4 is 28.8 Å². The molecule has 0 aromatic carbocycles. The summed E-state index contributed by atoms with van der Waals surface area (Å²) in [4.78, 5) is 24.6. The Morgan fingerprint density at radius 3 is 2.77 bits per heavy atom. The fraction of sp³-hybridized carbons (Fsp3) is 0.294. The van der Waals surface area contributed by atoms with E-state index in [1.807, 2.05) is 6.92 Å². The number of nitrogens with two attached hydrogens (primary N) is 1. The van der Waals surface area contributed by atoms with Gasteiger partial charge in [-0.1, -0.05) is 0 Å². The SMILES string of the molecule is CCn1nc(C)cc1NC(=O)Cn1cnc2c(-n3nccc3C(F)(F)F)nc(N)nc21. The standard InChI is InChI=1S/C17H17F3N10O/c1-3-29-11(6-9(2)27-29)24-12(31)7-28-8-22-13-14(28)25-16(21)26-15(13)30-10(4-5-23-30)17(18,19)20/h4-6,8H,3,7H2,1-2H3,(H,24,31)(H2,21,25,26). The fourth-order valence-electron chi connectivity index (χ4n) is 3.12. The number of hydrogen-bond acceptors (Lipinski definition) is 7. The van der Waals surface area contributed by atoms with E-state index in [1.54, 1.807) is 17.7 Å². The van der Waals surface area contributed by atoms with Gasteiger partial charge in [0.25, 0.3) is 0 Å². The Hall–Kier alpha value is -3.97. The van der Waals surface area contributed by atoms with Gasteiger partial charge in [-0.05, 0) is 19.9 Å². The molecule has 4 rings (SSSR count). The highest BCUT2D eigenvalue weighted by Crippen LogP contribution is 2.31. The van der Waals surface area contributed by atoms with Crippen LogP contribution in [0.15, 0.2) is 24.7 Å². The molecule has 0 aliphatic heterocycles. The molecule has 0 bridgehead atoms. The van der Waals surface area contributed by atoms with Gasteiger partial charge in [0.1, 0.15) is 18.1 Å². The number of aryl methyl sites for hydroxylation is 2. The van der Waals surface area contributed by atoms with Crippen molar-refractivity contribution < 1.29 is 18.0 Å². The summed E-state index contributed by atoms with van der Waals surface area (Å²) in [6.07, 6.45) is -2.39. The van der Waals surface area contributed by atoms with Gasteiger partial charge in [-0.25, -0.2) is 14.3 Å². The maximum Gasteiger partial charge on any atom is 0.433 e. The summed E-state index contributed by atoms with van der Waals surface area (Å²) < 4.78 is 43.5. The van der Waals surface area contributed by atoms with E-state index in [4.69, 9.17) is 5.73 Å². The van der Waals surface area contributed by atoms with Gasteiger partial charge in [-0.3, -0.25) is 4.79 Å². The lowest BCUT2D eigenvalue weighted by molar-refractivity contribution is -0.142. The van der Waals surface area contributed by atoms with Crippen molar-refractivity contribution in [3.63, 3.8) is 0 Å². The molecule has 0 saturated heterocycles. The van der Waals surface area contributed by atoms with Crippen LogP contribution in [0.1, 0.15) is 18.3 Å². The molecule has 4 aromatic heterocycles. The van der Waals surface area contributed by atoms with E-state index in [0.29, 0.717) is 17.0 Å². The highest BCUT2D eigenvalue weighted by atomic mass is 19.4. The normalized spacial score (nSPS) is 11.9. The predicted octanol–water partition coefficient (Wildman–Crippen LogP) is 1.78. The molecule has 0 spiro atoms. The first-order valence-corrected chi connectivity index (χ1v) is 9.11. The molecular weight excluding hydrogens is 417 g/mol. The molecule has 0 unspecified atom stereocenters. The molecule has 162 valence electrons. The number of nitrogen functional groups attached to an aromatic ring is 1. The summed E-state index contributed by atoms with van der Waals surface area (Å²) in [5.41, 5.74) is 5.54. The zero-order valence-corrected chi connectivity index (χ0v) is 16.4. The predicted molar refractivity (Wildman–Crippen MR) is 103 cm³/mol. The van der Waals surface area contributed by atoms with E-state index in [0.717, 1.165) is 18.0 Å². The number of aromatic nitrogens is 8. The highest BCUT2D eigenvalue weighted by Gasteiger charge is 2.36. The number of carbonyl (C=O) groups excluding carboxylic acids is 1. The van der Waals surface area contributed by atoms with Crippen molar-refractivity contribution in [2.75, 3.05) is 11.1 Å². The maximum absolute atomic E-state index is 13.3. The molecule has 0 fully saturated rings. The van der Waals surface area contributed by atoms with Crippen LogP contribution in [0.4, 0.5) is 24.9 Å². The van der Waals surface area contributed by atoms with Gasteiger partial charge in [0.2, 0.25) is 11.9 Å². The van der Waals surface area contributed by atoms with E-state index in [9.17, 15) is 18.0 Å². The lowest BCUT2D eigenvalue weighted by Crippen LogP contribution is -2.21. The van der Waals surface area contributed by atoms with Crippen molar-refractivity contribution in [2.45, 2.75) is 33.1 Å². The first-order valence-electron chi connectivity index (χ1n) is 9.11. The lowest BCUT2D eigenvalue weighted by atomic mass is 10.4. The van der Waals surface area contributed by atoms with Gasteiger partial charge in [-0.15, -0.1) is 0 Å². The summed E-state index contributed by atoms with van der Waals surface area (Å²) in [7, 11) is 0. The molecular formula is C17H17F3N10O. The van der Waals surface area contributed by atoms with Crippen LogP contribution in [-0.2, 0) is 24.1 Å². The van der Waals surface area contributed by atoms with Crippen molar-refractivity contribution in [3.8, 4) is 5.82 Å². The molecule has 0 saturated carbocycles. The largest absolute Gasteiger partial charge is 0.433 e. The average molecular weight is 434 g/mol. The minimum absolute atomic E-state index is 0.0191. The maximum atomic E-state index is 13.3. The quantitative estimate of drug-likeness (QED) is 0.489. The topological polar surface area (TPSA) is 134 Å². The average Bonchev–Trinajstić information content (AvgIpc) is 3.40. The second kappa shape index (κ2) is 7.37. The Bertz CT molecular complexity index is 1270. The fourth-order valence-corrected chi connectivity index (χ4v) is 3.12. The molecule has 0 radical (unpaired) electrons. The van der Waals surface area contributed by atoms with Crippen LogP contribution in [0, 0.1) is 6.92 Å². The summed E-state index contributed by atoms with van der Waals surface area (Å²) >= 11 is 0. The molecule has 4 heterocycles. The van der Waals surface area contributed by atoms with Gasteiger partial charge < -0.3 is 15.6 Å². The Balaban J connectivity index is 1.69. The van der Waals surface area contributed by atoms with Crippen LogP contribution in [0.2, 0.25) is 0 Å². The third-order valence-electron chi connectivity index (χ3n) is 4.38. The molecule has 0 aliphatic carbocycles. The second-order valence-corrected chi connectivity index (χ2v) is 6.61. The van der Waals surface area contributed by atoms with Gasteiger partial charge >= 0.3 is 6.18 Å². The number of rotatable bonds is 5. The third-order valence-corrected chi connectivity index (χ3v) is 4.38. The number of anilines is 2. The summed E-state index contributed by atoms with van der Waals surface area (Å²) in [5, 5.41) is 10.7. The highest BCUT2D eigenvalue weighted by molar-refractivity contribution is 5.91. The summed E-state index contributed by atoms with van der Waals surface area (Å²) in [6.45, 7) is 4.05. The molecule has 1 amide bonds. The summed E-state index contributed by atoms with van der Waals surface area (Å²) in [5.74, 6) is -0.398. The van der Waals surface area contributed by atoms with Gasteiger partial charge in [0.05, 0.1) is 18.2 Å². The molecule has 3 N–H and O–H groups in total. The van der Waals surface area contributed by atoms with E-state index in [1.165, 1.54) is 10.9 Å². The van der Waals surface area contributed by atoms with Gasteiger partial charge in [-0.2, -0.15) is 33.3 Å². The second-order valence-electron chi connectivity index (χ2n) is 6.61. The Morgan fingerprint density at radius 1 is 1.29 bits per heavy atom. The number of alkyl halides is 3. The number of hydrogen-bond donors (Lipinski definition) is 2. The zero-order chi connectivity index (χ0) is 22.3.